The summed E-state index contributed by atoms with van der Waals surface area (Å²) in [6, 6.07) is 4.35. The van der Waals surface area contributed by atoms with E-state index >= 15 is 0 Å². The van der Waals surface area contributed by atoms with Crippen molar-refractivity contribution in [1.29, 1.82) is 0 Å². The fraction of sp³-hybridized carbons (Fsp3) is 0.357. The Morgan fingerprint density at radius 1 is 1.30 bits per heavy atom. The molecule has 1 unspecified atom stereocenters. The molecule has 1 aromatic heterocycles. The number of nitrogens with zero attached hydrogens (tertiary/aromatic N) is 3. The van der Waals surface area contributed by atoms with Gasteiger partial charge in [0.05, 0.1) is 0 Å². The van der Waals surface area contributed by atoms with Crippen LogP contribution < -0.4 is 11.1 Å². The van der Waals surface area contributed by atoms with Gasteiger partial charge in [0.1, 0.15) is 6.04 Å². The first kappa shape index (κ1) is 17.9. The van der Waals surface area contributed by atoms with Crippen LogP contribution in [0.5, 0.6) is 0 Å². The van der Waals surface area contributed by atoms with Gasteiger partial charge in [0, 0.05) is 15.7 Å². The van der Waals surface area contributed by atoms with Crippen LogP contribution in [0.2, 0.25) is 10.0 Å². The minimum absolute atomic E-state index is 0.215. The number of nitrogens with one attached hydrogen (secondary N) is 1. The molecule has 0 saturated carbocycles. The second kappa shape index (κ2) is 7.90. The Kier molecular flexibility index (Phi) is 6.15. The number of carbonyl (C=O) groups is 1. The number of aromatic nitrogens is 3. The first-order valence-corrected chi connectivity index (χ1v) is 8.80. The van der Waals surface area contributed by atoms with Crippen molar-refractivity contribution in [1.82, 2.24) is 14.8 Å². The molecule has 124 valence electrons. The normalized spacial score (nSPS) is 12.2. The fourth-order valence-corrected chi connectivity index (χ4v) is 3.39. The lowest BCUT2D eigenvalue weighted by Crippen LogP contribution is -2.27. The van der Waals surface area contributed by atoms with Crippen molar-refractivity contribution in [2.75, 3.05) is 16.8 Å². The maximum absolute atomic E-state index is 12.6. The molecular weight excluding hydrogens is 357 g/mol. The molecule has 9 heteroatoms. The van der Waals surface area contributed by atoms with Crippen molar-refractivity contribution in [2.24, 2.45) is 0 Å². The Bertz CT molecular complexity index is 686. The predicted octanol–water partition coefficient (Wildman–Crippen LogP) is 3.87. The maximum atomic E-state index is 12.6. The van der Waals surface area contributed by atoms with Gasteiger partial charge < -0.3 is 11.1 Å². The number of benzene rings is 1. The van der Waals surface area contributed by atoms with E-state index in [4.69, 9.17) is 28.9 Å². The van der Waals surface area contributed by atoms with Gasteiger partial charge in [-0.15, -0.1) is 10.2 Å². The van der Waals surface area contributed by atoms with Crippen molar-refractivity contribution in [2.45, 2.75) is 31.5 Å². The quantitative estimate of drug-likeness (QED) is 0.750. The van der Waals surface area contributed by atoms with Crippen molar-refractivity contribution in [3.05, 3.63) is 28.2 Å². The molecule has 0 aliphatic heterocycles. The van der Waals surface area contributed by atoms with Gasteiger partial charge in [-0.05, 0) is 30.4 Å². The van der Waals surface area contributed by atoms with Gasteiger partial charge in [0.25, 0.3) is 0 Å². The molecule has 0 spiro atoms. The molecule has 0 fully saturated rings. The monoisotopic (exact) mass is 373 g/mol. The number of thioether (sulfide) groups is 1. The molecule has 0 aliphatic carbocycles. The third-order valence-corrected chi connectivity index (χ3v) is 4.36. The van der Waals surface area contributed by atoms with E-state index in [1.165, 1.54) is 11.8 Å². The Morgan fingerprint density at radius 3 is 2.52 bits per heavy atom. The molecule has 0 aliphatic rings. The molecule has 0 bridgehead atoms. The zero-order valence-electron chi connectivity index (χ0n) is 12.7. The fourth-order valence-electron chi connectivity index (χ4n) is 2.15. The van der Waals surface area contributed by atoms with Crippen LogP contribution in [0, 0.1) is 0 Å². The summed E-state index contributed by atoms with van der Waals surface area (Å²) >= 11 is 13.4. The van der Waals surface area contributed by atoms with Crippen molar-refractivity contribution in [3.63, 3.8) is 0 Å². The summed E-state index contributed by atoms with van der Waals surface area (Å²) in [6.45, 7) is 3.89. The van der Waals surface area contributed by atoms with Gasteiger partial charge in [-0.2, -0.15) is 0 Å². The second-order valence-electron chi connectivity index (χ2n) is 4.72. The Labute approximate surface area is 148 Å². The molecule has 2 rings (SSSR count). The first-order valence-electron chi connectivity index (χ1n) is 7.06. The van der Waals surface area contributed by atoms with Gasteiger partial charge in [0.2, 0.25) is 11.9 Å². The van der Waals surface area contributed by atoms with Gasteiger partial charge in [0.15, 0.2) is 5.16 Å². The minimum atomic E-state index is -0.517. The SMILES string of the molecule is CCSc1nnc(N)n1C(CC)C(=O)Nc1cc(Cl)cc(Cl)c1. The summed E-state index contributed by atoms with van der Waals surface area (Å²) < 4.78 is 1.65. The van der Waals surface area contributed by atoms with Crippen molar-refractivity contribution < 1.29 is 4.79 Å². The lowest BCUT2D eigenvalue weighted by Gasteiger charge is -2.19. The average molecular weight is 374 g/mol. The highest BCUT2D eigenvalue weighted by atomic mass is 35.5. The highest BCUT2D eigenvalue weighted by Gasteiger charge is 2.24. The van der Waals surface area contributed by atoms with E-state index in [0.717, 1.165) is 5.75 Å². The van der Waals surface area contributed by atoms with E-state index in [-0.39, 0.29) is 11.9 Å². The lowest BCUT2D eigenvalue weighted by atomic mass is 10.2. The summed E-state index contributed by atoms with van der Waals surface area (Å²) in [6.07, 6.45) is 0.541. The number of anilines is 2. The molecule has 1 heterocycles. The molecule has 1 aromatic carbocycles. The van der Waals surface area contributed by atoms with Crippen LogP contribution in [0.25, 0.3) is 0 Å². The summed E-state index contributed by atoms with van der Waals surface area (Å²) in [7, 11) is 0. The zero-order valence-corrected chi connectivity index (χ0v) is 15.0. The Morgan fingerprint density at radius 2 is 1.96 bits per heavy atom. The standard InChI is InChI=1S/C14H17Cl2N5OS/c1-3-11(21-13(17)19-20-14(21)23-4-2)12(22)18-10-6-8(15)5-9(16)7-10/h5-7,11H,3-4H2,1-2H3,(H2,17,19)(H,18,22). The largest absolute Gasteiger partial charge is 0.368 e. The Hall–Kier alpha value is -1.44. The molecule has 2 aromatic rings. The van der Waals surface area contributed by atoms with Crippen LogP contribution >= 0.6 is 35.0 Å². The molecule has 1 atom stereocenters. The number of amides is 1. The van der Waals surface area contributed by atoms with Gasteiger partial charge in [-0.3, -0.25) is 9.36 Å². The average Bonchev–Trinajstić information content (AvgIpc) is 2.81. The Balaban J connectivity index is 2.27. The van der Waals surface area contributed by atoms with E-state index in [1.807, 2.05) is 13.8 Å². The number of hydrogen-bond donors (Lipinski definition) is 2. The van der Waals surface area contributed by atoms with Gasteiger partial charge in [-0.1, -0.05) is 48.8 Å². The van der Waals surface area contributed by atoms with Crippen molar-refractivity contribution >= 4 is 52.5 Å². The highest BCUT2D eigenvalue weighted by Crippen LogP contribution is 2.27. The van der Waals surface area contributed by atoms with E-state index in [9.17, 15) is 4.79 Å². The van der Waals surface area contributed by atoms with Crippen LogP contribution in [-0.4, -0.2) is 26.4 Å². The number of hydrogen-bond acceptors (Lipinski definition) is 5. The summed E-state index contributed by atoms with van der Waals surface area (Å²) in [5.41, 5.74) is 6.41. The zero-order chi connectivity index (χ0) is 17.0. The van der Waals surface area contributed by atoms with Crippen LogP contribution in [0.15, 0.2) is 23.4 Å². The third kappa shape index (κ3) is 4.31. The molecule has 0 radical (unpaired) electrons. The van der Waals surface area contributed by atoms with Crippen LogP contribution in [-0.2, 0) is 4.79 Å². The highest BCUT2D eigenvalue weighted by molar-refractivity contribution is 7.99. The molecule has 0 saturated heterocycles. The number of rotatable bonds is 6. The molecule has 6 nitrogen and oxygen atoms in total. The minimum Gasteiger partial charge on any atom is -0.368 e. The van der Waals surface area contributed by atoms with Crippen molar-refractivity contribution in [3.8, 4) is 0 Å². The number of nitrogen functional groups attached to an aromatic ring is 1. The number of nitrogens with two attached hydrogens (primary N) is 1. The summed E-state index contributed by atoms with van der Waals surface area (Å²) in [5, 5.41) is 12.2. The first-order chi connectivity index (χ1) is 11.0. The van der Waals surface area contributed by atoms with E-state index < -0.39 is 6.04 Å². The lowest BCUT2D eigenvalue weighted by molar-refractivity contribution is -0.119. The van der Waals surface area contributed by atoms with E-state index in [0.29, 0.717) is 27.3 Å². The van der Waals surface area contributed by atoms with Crippen LogP contribution in [0.4, 0.5) is 11.6 Å². The smallest absolute Gasteiger partial charge is 0.247 e. The topological polar surface area (TPSA) is 85.8 Å². The number of carbonyl (C=O) groups excluding carboxylic acids is 1. The van der Waals surface area contributed by atoms with E-state index in [2.05, 4.69) is 15.5 Å². The van der Waals surface area contributed by atoms with Gasteiger partial charge in [-0.25, -0.2) is 0 Å². The second-order valence-corrected chi connectivity index (χ2v) is 6.82. The van der Waals surface area contributed by atoms with Crippen LogP contribution in [0.1, 0.15) is 26.3 Å². The number of halogens is 2. The van der Waals surface area contributed by atoms with E-state index in [1.54, 1.807) is 22.8 Å². The summed E-state index contributed by atoms with van der Waals surface area (Å²) in [5.74, 6) is 0.794. The van der Waals surface area contributed by atoms with Crippen LogP contribution in [0.3, 0.4) is 0 Å². The summed E-state index contributed by atoms with van der Waals surface area (Å²) in [4.78, 5) is 12.6. The molecular formula is C14H17Cl2N5OS. The predicted molar refractivity (Wildman–Crippen MR) is 95.3 cm³/mol. The third-order valence-electron chi connectivity index (χ3n) is 3.10. The van der Waals surface area contributed by atoms with Gasteiger partial charge >= 0.3 is 0 Å². The molecule has 1 amide bonds. The molecule has 3 N–H and O–H groups in total. The molecule has 23 heavy (non-hydrogen) atoms. The maximum Gasteiger partial charge on any atom is 0.247 e.